The predicted octanol–water partition coefficient (Wildman–Crippen LogP) is 3.84. The van der Waals surface area contributed by atoms with E-state index in [2.05, 4.69) is 0 Å². The van der Waals surface area contributed by atoms with Crippen molar-refractivity contribution in [2.24, 2.45) is 0 Å². The van der Waals surface area contributed by atoms with Crippen LogP contribution in [0.3, 0.4) is 0 Å². The maximum Gasteiger partial charge on any atom is 0.164 e. The van der Waals surface area contributed by atoms with E-state index in [1.165, 1.54) is 14.2 Å². The summed E-state index contributed by atoms with van der Waals surface area (Å²) in [6, 6.07) is 6.90. The van der Waals surface area contributed by atoms with E-state index in [1.54, 1.807) is 24.3 Å². The highest BCUT2D eigenvalue weighted by molar-refractivity contribution is 6.38. The van der Waals surface area contributed by atoms with Crippen LogP contribution in [0.15, 0.2) is 24.3 Å². The van der Waals surface area contributed by atoms with Gasteiger partial charge in [0.2, 0.25) is 0 Å². The Bertz CT molecular complexity index is 660. The standard InChI is InChI=1S/C14H14Cl2N2O2/c1-19-11-6-9(12(16)14(20-2)13(11)18)8-4-3-7(17)5-10(8)15/h3-6H,17-18H2,1-2H3. The molecule has 0 heterocycles. The maximum absolute atomic E-state index is 6.34. The van der Waals surface area contributed by atoms with Crippen LogP contribution >= 0.6 is 23.2 Å². The first-order chi connectivity index (χ1) is 9.49. The minimum Gasteiger partial charge on any atom is -0.494 e. The van der Waals surface area contributed by atoms with Gasteiger partial charge in [0, 0.05) is 16.8 Å². The summed E-state index contributed by atoms with van der Waals surface area (Å²) >= 11 is 12.6. The Kier molecular flexibility index (Phi) is 4.16. The van der Waals surface area contributed by atoms with Crippen LogP contribution in [-0.4, -0.2) is 14.2 Å². The van der Waals surface area contributed by atoms with Gasteiger partial charge in [0.15, 0.2) is 5.75 Å². The SMILES string of the molecule is COc1cc(-c2ccc(N)cc2Cl)c(Cl)c(OC)c1N. The Morgan fingerprint density at radius 1 is 0.950 bits per heavy atom. The van der Waals surface area contributed by atoms with E-state index in [-0.39, 0.29) is 0 Å². The fraction of sp³-hybridized carbons (Fsp3) is 0.143. The minimum atomic E-state index is 0.343. The van der Waals surface area contributed by atoms with Gasteiger partial charge in [-0.15, -0.1) is 0 Å². The first-order valence-corrected chi connectivity index (χ1v) is 6.50. The van der Waals surface area contributed by atoms with Crippen molar-refractivity contribution in [1.29, 1.82) is 0 Å². The molecule has 0 fully saturated rings. The lowest BCUT2D eigenvalue weighted by Crippen LogP contribution is -1.99. The molecule has 0 atom stereocenters. The van der Waals surface area contributed by atoms with Gasteiger partial charge >= 0.3 is 0 Å². The second-order valence-corrected chi connectivity index (χ2v) is 4.91. The number of nitrogens with two attached hydrogens (primary N) is 2. The summed E-state index contributed by atoms with van der Waals surface area (Å²) in [7, 11) is 3.01. The van der Waals surface area contributed by atoms with Gasteiger partial charge in [-0.1, -0.05) is 29.3 Å². The van der Waals surface area contributed by atoms with E-state index in [1.807, 2.05) is 0 Å². The van der Waals surface area contributed by atoms with Gasteiger partial charge in [0.25, 0.3) is 0 Å². The number of benzene rings is 2. The van der Waals surface area contributed by atoms with Crippen molar-refractivity contribution in [3.63, 3.8) is 0 Å². The monoisotopic (exact) mass is 312 g/mol. The average Bonchev–Trinajstić information content (AvgIpc) is 2.41. The zero-order valence-electron chi connectivity index (χ0n) is 11.0. The van der Waals surface area contributed by atoms with Crippen LogP contribution in [-0.2, 0) is 0 Å². The topological polar surface area (TPSA) is 70.5 Å². The van der Waals surface area contributed by atoms with Crippen molar-refractivity contribution in [1.82, 2.24) is 0 Å². The Labute approximate surface area is 127 Å². The number of rotatable bonds is 3. The smallest absolute Gasteiger partial charge is 0.164 e. The molecule has 2 aromatic rings. The van der Waals surface area contributed by atoms with Crippen LogP contribution in [0.5, 0.6) is 11.5 Å². The molecule has 0 aliphatic heterocycles. The summed E-state index contributed by atoms with van der Waals surface area (Å²) < 4.78 is 10.5. The van der Waals surface area contributed by atoms with Crippen LogP contribution in [0.25, 0.3) is 11.1 Å². The lowest BCUT2D eigenvalue weighted by molar-refractivity contribution is 0.399. The average molecular weight is 313 g/mol. The molecule has 4 nitrogen and oxygen atoms in total. The molecule has 0 unspecified atom stereocenters. The van der Waals surface area contributed by atoms with E-state index >= 15 is 0 Å². The molecular formula is C14H14Cl2N2O2. The summed E-state index contributed by atoms with van der Waals surface area (Å²) in [5.41, 5.74) is 13.9. The normalized spacial score (nSPS) is 10.4. The highest BCUT2D eigenvalue weighted by atomic mass is 35.5. The molecule has 0 saturated carbocycles. The zero-order valence-corrected chi connectivity index (χ0v) is 12.5. The molecule has 20 heavy (non-hydrogen) atoms. The van der Waals surface area contributed by atoms with Crippen LogP contribution in [0.1, 0.15) is 0 Å². The number of ether oxygens (including phenoxy) is 2. The Balaban J connectivity index is 2.73. The maximum atomic E-state index is 6.34. The van der Waals surface area contributed by atoms with Crippen molar-refractivity contribution >= 4 is 34.6 Å². The lowest BCUT2D eigenvalue weighted by atomic mass is 10.0. The molecule has 106 valence electrons. The first kappa shape index (κ1) is 14.6. The minimum absolute atomic E-state index is 0.343. The van der Waals surface area contributed by atoms with E-state index in [0.29, 0.717) is 38.5 Å². The Morgan fingerprint density at radius 2 is 1.65 bits per heavy atom. The molecule has 0 spiro atoms. The van der Waals surface area contributed by atoms with Crippen molar-refractivity contribution in [3.05, 3.63) is 34.3 Å². The van der Waals surface area contributed by atoms with E-state index in [9.17, 15) is 0 Å². The molecule has 0 aliphatic rings. The molecule has 0 aromatic heterocycles. The molecule has 0 aliphatic carbocycles. The van der Waals surface area contributed by atoms with Gasteiger partial charge in [-0.3, -0.25) is 0 Å². The van der Waals surface area contributed by atoms with E-state index < -0.39 is 0 Å². The summed E-state index contributed by atoms with van der Waals surface area (Å²) in [4.78, 5) is 0. The molecule has 0 bridgehead atoms. The van der Waals surface area contributed by atoms with Crippen LogP contribution in [0.2, 0.25) is 10.0 Å². The highest BCUT2D eigenvalue weighted by Gasteiger charge is 2.18. The molecule has 0 amide bonds. The van der Waals surface area contributed by atoms with Crippen LogP contribution in [0.4, 0.5) is 11.4 Å². The largest absolute Gasteiger partial charge is 0.494 e. The second-order valence-electron chi connectivity index (χ2n) is 4.13. The lowest BCUT2D eigenvalue weighted by Gasteiger charge is -2.16. The number of anilines is 2. The summed E-state index contributed by atoms with van der Waals surface area (Å²) in [5, 5.41) is 0.859. The van der Waals surface area contributed by atoms with E-state index in [4.69, 9.17) is 44.1 Å². The molecule has 2 rings (SSSR count). The third kappa shape index (κ3) is 2.44. The third-order valence-electron chi connectivity index (χ3n) is 2.93. The summed E-state index contributed by atoms with van der Waals surface area (Å²) in [6.07, 6.45) is 0. The van der Waals surface area contributed by atoms with Crippen LogP contribution in [0, 0.1) is 0 Å². The van der Waals surface area contributed by atoms with Gasteiger partial charge < -0.3 is 20.9 Å². The zero-order chi connectivity index (χ0) is 14.9. The van der Waals surface area contributed by atoms with Crippen molar-refractivity contribution < 1.29 is 9.47 Å². The molecule has 2 aromatic carbocycles. The highest BCUT2D eigenvalue weighted by Crippen LogP contribution is 2.46. The molecule has 0 radical (unpaired) electrons. The van der Waals surface area contributed by atoms with Gasteiger partial charge in [-0.25, -0.2) is 0 Å². The van der Waals surface area contributed by atoms with Gasteiger partial charge in [0.1, 0.15) is 11.4 Å². The summed E-state index contributed by atoms with van der Waals surface area (Å²) in [6.45, 7) is 0. The quantitative estimate of drug-likeness (QED) is 0.845. The number of methoxy groups -OCH3 is 2. The fourth-order valence-corrected chi connectivity index (χ4v) is 2.56. The molecule has 6 heteroatoms. The first-order valence-electron chi connectivity index (χ1n) is 5.75. The second kappa shape index (κ2) is 5.69. The van der Waals surface area contributed by atoms with Gasteiger partial charge in [0.05, 0.1) is 24.3 Å². The number of halogens is 2. The van der Waals surface area contributed by atoms with Gasteiger partial charge in [-0.05, 0) is 18.2 Å². The van der Waals surface area contributed by atoms with Crippen molar-refractivity contribution in [3.8, 4) is 22.6 Å². The predicted molar refractivity (Wildman–Crippen MR) is 83.8 cm³/mol. The molecule has 4 N–H and O–H groups in total. The molecule has 0 saturated heterocycles. The number of hydrogen-bond acceptors (Lipinski definition) is 4. The van der Waals surface area contributed by atoms with Gasteiger partial charge in [-0.2, -0.15) is 0 Å². The third-order valence-corrected chi connectivity index (χ3v) is 3.62. The Hall–Kier alpha value is -1.78. The molecular weight excluding hydrogens is 299 g/mol. The Morgan fingerprint density at radius 3 is 2.20 bits per heavy atom. The van der Waals surface area contributed by atoms with Crippen LogP contribution < -0.4 is 20.9 Å². The summed E-state index contributed by atoms with van der Waals surface area (Å²) in [5.74, 6) is 0.822. The number of hydrogen-bond donors (Lipinski definition) is 2. The fourth-order valence-electron chi connectivity index (χ4n) is 1.94. The number of nitrogen functional groups attached to an aromatic ring is 2. The van der Waals surface area contributed by atoms with E-state index in [0.717, 1.165) is 5.56 Å². The van der Waals surface area contributed by atoms with Crippen molar-refractivity contribution in [2.75, 3.05) is 25.7 Å². The van der Waals surface area contributed by atoms with Crippen molar-refractivity contribution in [2.45, 2.75) is 0 Å².